The highest BCUT2D eigenvalue weighted by atomic mass is 32.2. The van der Waals surface area contributed by atoms with Crippen LogP contribution in [-0.4, -0.2) is 63.3 Å². The number of piperidine rings is 1. The SMILES string of the molecule is CC(C)c1ccccc1OCCNC(=O)C1CCCN(S(=O)(=O)N(C)C)C1. The van der Waals surface area contributed by atoms with E-state index in [9.17, 15) is 13.2 Å². The van der Waals surface area contributed by atoms with Crippen molar-refractivity contribution >= 4 is 16.1 Å². The molecule has 1 aromatic carbocycles. The monoisotopic (exact) mass is 397 g/mol. The second-order valence-corrected chi connectivity index (χ2v) is 9.46. The third kappa shape index (κ3) is 5.67. The summed E-state index contributed by atoms with van der Waals surface area (Å²) in [6.07, 6.45) is 1.38. The van der Waals surface area contributed by atoms with Gasteiger partial charge < -0.3 is 10.1 Å². The standard InChI is InChI=1S/C19H31N3O4S/c1-15(2)17-9-5-6-10-18(17)26-13-11-20-19(23)16-8-7-12-22(14-16)27(24,25)21(3)4/h5-6,9-10,15-16H,7-8,11-14H2,1-4H3,(H,20,23). The van der Waals surface area contributed by atoms with Gasteiger partial charge in [-0.05, 0) is 30.4 Å². The van der Waals surface area contributed by atoms with Gasteiger partial charge in [-0.25, -0.2) is 0 Å². The molecule has 2 rings (SSSR count). The van der Waals surface area contributed by atoms with Gasteiger partial charge in [0.25, 0.3) is 10.2 Å². The van der Waals surface area contributed by atoms with E-state index in [4.69, 9.17) is 4.74 Å². The smallest absolute Gasteiger partial charge is 0.281 e. The summed E-state index contributed by atoms with van der Waals surface area (Å²) in [5.41, 5.74) is 1.14. The van der Waals surface area contributed by atoms with E-state index in [1.807, 2.05) is 24.3 Å². The first-order chi connectivity index (χ1) is 12.7. The van der Waals surface area contributed by atoms with E-state index in [1.165, 1.54) is 22.7 Å². The zero-order chi connectivity index (χ0) is 20.0. The second-order valence-electron chi connectivity index (χ2n) is 7.32. The third-order valence-corrected chi connectivity index (χ3v) is 6.65. The van der Waals surface area contributed by atoms with Crippen LogP contribution in [-0.2, 0) is 15.0 Å². The molecule has 0 radical (unpaired) electrons. The quantitative estimate of drug-likeness (QED) is 0.679. The molecule has 1 saturated heterocycles. The molecule has 1 aromatic rings. The molecule has 0 saturated carbocycles. The Bertz CT molecular complexity index is 734. The lowest BCUT2D eigenvalue weighted by molar-refractivity contribution is -0.126. The Kier molecular flexibility index (Phi) is 7.64. The molecule has 0 aliphatic carbocycles. The molecular formula is C19H31N3O4S. The zero-order valence-corrected chi connectivity index (χ0v) is 17.5. The van der Waals surface area contributed by atoms with Crippen molar-refractivity contribution in [3.63, 3.8) is 0 Å². The molecule has 1 atom stereocenters. The van der Waals surface area contributed by atoms with Crippen molar-refractivity contribution in [3.05, 3.63) is 29.8 Å². The van der Waals surface area contributed by atoms with E-state index >= 15 is 0 Å². The lowest BCUT2D eigenvalue weighted by Gasteiger charge is -2.32. The Hall–Kier alpha value is -1.64. The van der Waals surface area contributed by atoms with Crippen molar-refractivity contribution in [3.8, 4) is 5.75 Å². The number of carbonyl (C=O) groups excluding carboxylic acids is 1. The van der Waals surface area contributed by atoms with Gasteiger partial charge in [-0.1, -0.05) is 32.0 Å². The van der Waals surface area contributed by atoms with Gasteiger partial charge in [0, 0.05) is 27.2 Å². The first kappa shape index (κ1) is 21.7. The van der Waals surface area contributed by atoms with Crippen molar-refractivity contribution in [1.82, 2.24) is 13.9 Å². The number of nitrogens with one attached hydrogen (secondary N) is 1. The number of para-hydroxylation sites is 1. The highest BCUT2D eigenvalue weighted by Crippen LogP contribution is 2.25. The molecule has 0 spiro atoms. The number of nitrogens with zero attached hydrogens (tertiary/aromatic N) is 2. The molecule has 1 amide bonds. The van der Waals surface area contributed by atoms with Crippen LogP contribution in [0.15, 0.2) is 24.3 Å². The van der Waals surface area contributed by atoms with Crippen LogP contribution in [0.1, 0.15) is 38.2 Å². The number of hydrogen-bond acceptors (Lipinski definition) is 4. The molecule has 1 unspecified atom stereocenters. The molecule has 1 aliphatic heterocycles. The van der Waals surface area contributed by atoms with E-state index in [1.54, 1.807) is 0 Å². The number of ether oxygens (including phenoxy) is 1. The Labute approximate surface area is 162 Å². The van der Waals surface area contributed by atoms with Crippen LogP contribution in [0.3, 0.4) is 0 Å². The molecule has 1 heterocycles. The first-order valence-electron chi connectivity index (χ1n) is 9.40. The Morgan fingerprint density at radius 2 is 2.04 bits per heavy atom. The highest BCUT2D eigenvalue weighted by molar-refractivity contribution is 7.86. The molecule has 7 nitrogen and oxygen atoms in total. The third-order valence-electron chi connectivity index (χ3n) is 4.74. The van der Waals surface area contributed by atoms with Crippen LogP contribution in [0, 0.1) is 5.92 Å². The minimum Gasteiger partial charge on any atom is -0.491 e. The van der Waals surface area contributed by atoms with Crippen LogP contribution in [0.2, 0.25) is 0 Å². The normalized spacial score (nSPS) is 18.7. The van der Waals surface area contributed by atoms with Crippen LogP contribution in [0.25, 0.3) is 0 Å². The lowest BCUT2D eigenvalue weighted by atomic mass is 9.99. The molecule has 1 aliphatic rings. The van der Waals surface area contributed by atoms with E-state index in [0.29, 0.717) is 38.5 Å². The molecular weight excluding hydrogens is 366 g/mol. The van der Waals surface area contributed by atoms with E-state index < -0.39 is 10.2 Å². The summed E-state index contributed by atoms with van der Waals surface area (Å²) in [6.45, 7) is 5.67. The predicted molar refractivity (Wildman–Crippen MR) is 106 cm³/mol. The van der Waals surface area contributed by atoms with Crippen LogP contribution in [0.5, 0.6) is 5.75 Å². The van der Waals surface area contributed by atoms with Crippen molar-refractivity contribution in [2.75, 3.05) is 40.3 Å². The summed E-state index contributed by atoms with van der Waals surface area (Å²) in [5, 5.41) is 2.87. The van der Waals surface area contributed by atoms with Gasteiger partial charge in [-0.2, -0.15) is 17.0 Å². The van der Waals surface area contributed by atoms with Gasteiger partial charge in [0.1, 0.15) is 12.4 Å². The zero-order valence-electron chi connectivity index (χ0n) is 16.6. The summed E-state index contributed by atoms with van der Waals surface area (Å²) in [6, 6.07) is 7.89. The van der Waals surface area contributed by atoms with Crippen molar-refractivity contribution in [2.45, 2.75) is 32.6 Å². The fourth-order valence-electron chi connectivity index (χ4n) is 3.17. The number of rotatable bonds is 8. The Balaban J connectivity index is 1.82. The minimum atomic E-state index is -3.48. The van der Waals surface area contributed by atoms with Gasteiger partial charge >= 0.3 is 0 Å². The molecule has 27 heavy (non-hydrogen) atoms. The number of amides is 1. The summed E-state index contributed by atoms with van der Waals surface area (Å²) in [4.78, 5) is 12.4. The average molecular weight is 398 g/mol. The highest BCUT2D eigenvalue weighted by Gasteiger charge is 2.33. The summed E-state index contributed by atoms with van der Waals surface area (Å²) in [7, 11) is -0.468. The van der Waals surface area contributed by atoms with Crippen molar-refractivity contribution < 1.29 is 17.9 Å². The number of carbonyl (C=O) groups is 1. The van der Waals surface area contributed by atoms with Crippen molar-refractivity contribution in [2.24, 2.45) is 5.92 Å². The maximum absolute atomic E-state index is 12.4. The van der Waals surface area contributed by atoms with Crippen molar-refractivity contribution in [1.29, 1.82) is 0 Å². The molecule has 1 fully saturated rings. The number of benzene rings is 1. The summed E-state index contributed by atoms with van der Waals surface area (Å²) < 4.78 is 32.9. The summed E-state index contributed by atoms with van der Waals surface area (Å²) in [5.74, 6) is 0.760. The van der Waals surface area contributed by atoms with Gasteiger partial charge in [-0.3, -0.25) is 4.79 Å². The fraction of sp³-hybridized carbons (Fsp3) is 0.632. The Morgan fingerprint density at radius 3 is 2.70 bits per heavy atom. The van der Waals surface area contributed by atoms with E-state index in [2.05, 4.69) is 19.2 Å². The average Bonchev–Trinajstić information content (AvgIpc) is 2.65. The maximum Gasteiger partial charge on any atom is 0.281 e. The van der Waals surface area contributed by atoms with Crippen LogP contribution >= 0.6 is 0 Å². The first-order valence-corrected chi connectivity index (χ1v) is 10.8. The van der Waals surface area contributed by atoms with Gasteiger partial charge in [0.2, 0.25) is 5.91 Å². The lowest BCUT2D eigenvalue weighted by Crippen LogP contribution is -2.49. The number of hydrogen-bond donors (Lipinski definition) is 1. The molecule has 0 bridgehead atoms. The molecule has 0 aromatic heterocycles. The predicted octanol–water partition coefficient (Wildman–Crippen LogP) is 1.82. The topological polar surface area (TPSA) is 79.0 Å². The van der Waals surface area contributed by atoms with Crippen LogP contribution in [0.4, 0.5) is 0 Å². The van der Waals surface area contributed by atoms with E-state index in [0.717, 1.165) is 11.3 Å². The maximum atomic E-state index is 12.4. The summed E-state index contributed by atoms with van der Waals surface area (Å²) >= 11 is 0. The molecule has 1 N–H and O–H groups in total. The largest absolute Gasteiger partial charge is 0.491 e. The van der Waals surface area contributed by atoms with Crippen LogP contribution < -0.4 is 10.1 Å². The fourth-order valence-corrected chi connectivity index (χ4v) is 4.36. The minimum absolute atomic E-state index is 0.116. The van der Waals surface area contributed by atoms with Gasteiger partial charge in [-0.15, -0.1) is 0 Å². The molecule has 8 heteroatoms. The van der Waals surface area contributed by atoms with Gasteiger partial charge in [0.05, 0.1) is 12.5 Å². The van der Waals surface area contributed by atoms with Gasteiger partial charge in [0.15, 0.2) is 0 Å². The second kappa shape index (κ2) is 9.52. The Morgan fingerprint density at radius 1 is 1.33 bits per heavy atom. The molecule has 152 valence electrons. The van der Waals surface area contributed by atoms with E-state index in [-0.39, 0.29) is 18.4 Å².